The van der Waals surface area contributed by atoms with Crippen molar-refractivity contribution < 1.29 is 4.74 Å². The minimum Gasteiger partial charge on any atom is -0.483 e. The smallest absolute Gasteiger partial charge is 0.206 e. The third-order valence-electron chi connectivity index (χ3n) is 0.688. The van der Waals surface area contributed by atoms with Gasteiger partial charge in [-0.3, -0.25) is 0 Å². The highest BCUT2D eigenvalue weighted by Crippen LogP contribution is 1.88. The van der Waals surface area contributed by atoms with E-state index < -0.39 is 0 Å². The summed E-state index contributed by atoms with van der Waals surface area (Å²) < 4.78 is 4.68. The molecule has 0 fully saturated rings. The van der Waals surface area contributed by atoms with Crippen LogP contribution in [0.1, 0.15) is 6.42 Å². The summed E-state index contributed by atoms with van der Waals surface area (Å²) in [5.41, 5.74) is 0. The molecule has 8 heavy (non-hydrogen) atoms. The minimum absolute atomic E-state index is 0.486. The van der Waals surface area contributed by atoms with E-state index in [1.54, 1.807) is 0 Å². The fourth-order valence-electron chi connectivity index (χ4n) is 0.300. The highest BCUT2D eigenvalue weighted by molar-refractivity contribution is 6.18. The molecule has 0 spiro atoms. The summed E-state index contributed by atoms with van der Waals surface area (Å²) >= 11 is 5.34. The van der Waals surface area contributed by atoms with Crippen LogP contribution in [-0.2, 0) is 4.74 Å². The maximum absolute atomic E-state index is 5.34. The number of alkyl halides is 1. The molecule has 0 aromatic rings. The summed E-state index contributed by atoms with van der Waals surface area (Å²) in [6.45, 7) is 0. The average Bonchev–Trinajstić information content (AvgIpc) is 1.83. The Labute approximate surface area is 53.5 Å². The molecule has 0 amide bonds. The first-order valence-corrected chi connectivity index (χ1v) is 2.75. The summed E-state index contributed by atoms with van der Waals surface area (Å²) in [4.78, 5) is 0. The molecule has 0 aromatic carbocycles. The fourth-order valence-corrected chi connectivity index (χ4v) is 0.462. The molecule has 0 aliphatic rings. The lowest BCUT2D eigenvalue weighted by Gasteiger charge is -1.97. The monoisotopic (exact) mass is 136 g/mol. The van der Waals surface area contributed by atoms with Crippen molar-refractivity contribution >= 4 is 17.5 Å². The zero-order valence-electron chi connectivity index (χ0n) is 4.72. The van der Waals surface area contributed by atoms with Crippen molar-refractivity contribution in [2.24, 2.45) is 10.9 Å². The van der Waals surface area contributed by atoms with Crippen LogP contribution in [0.5, 0.6) is 0 Å². The van der Waals surface area contributed by atoms with E-state index in [1.165, 1.54) is 7.11 Å². The lowest BCUT2D eigenvalue weighted by molar-refractivity contribution is 0.390. The molecule has 0 aliphatic carbocycles. The minimum atomic E-state index is 0.486. The van der Waals surface area contributed by atoms with Gasteiger partial charge in [-0.25, -0.2) is 0 Å². The number of nitrogens with two attached hydrogens (primary N) is 1. The van der Waals surface area contributed by atoms with Crippen LogP contribution in [-0.4, -0.2) is 18.9 Å². The van der Waals surface area contributed by atoms with Gasteiger partial charge in [-0.1, -0.05) is 0 Å². The summed E-state index contributed by atoms with van der Waals surface area (Å²) in [6, 6.07) is 0. The second-order valence-corrected chi connectivity index (χ2v) is 1.54. The molecule has 0 unspecified atom stereocenters. The predicted molar refractivity (Wildman–Crippen MR) is 34.0 cm³/mol. The first kappa shape index (κ1) is 7.56. The predicted octanol–water partition coefficient (Wildman–Crippen LogP) is 0.534. The van der Waals surface area contributed by atoms with Crippen molar-refractivity contribution in [3.63, 3.8) is 0 Å². The molecule has 48 valence electrons. The molecule has 0 aliphatic heterocycles. The number of halogens is 1. The van der Waals surface area contributed by atoms with Crippen LogP contribution in [0.25, 0.3) is 0 Å². The van der Waals surface area contributed by atoms with Crippen LogP contribution in [0.4, 0.5) is 0 Å². The third-order valence-corrected chi connectivity index (χ3v) is 0.877. The second kappa shape index (κ2) is 4.71. The van der Waals surface area contributed by atoms with E-state index in [0.717, 1.165) is 0 Å². The summed E-state index contributed by atoms with van der Waals surface area (Å²) in [5, 5.41) is 3.31. The third kappa shape index (κ3) is 2.69. The number of rotatable bonds is 2. The lowest BCUT2D eigenvalue weighted by Crippen LogP contribution is -2.04. The van der Waals surface area contributed by atoms with E-state index in [2.05, 4.69) is 9.84 Å². The van der Waals surface area contributed by atoms with Gasteiger partial charge in [-0.15, -0.1) is 16.7 Å². The van der Waals surface area contributed by atoms with Gasteiger partial charge < -0.3 is 10.6 Å². The maximum atomic E-state index is 5.34. The molecular formula is C4H9ClN2O. The number of ether oxygens (including phenoxy) is 1. The topological polar surface area (TPSA) is 47.6 Å². The molecular weight excluding hydrogens is 128 g/mol. The molecule has 2 N–H and O–H groups in total. The van der Waals surface area contributed by atoms with Crippen LogP contribution in [0.2, 0.25) is 0 Å². The largest absolute Gasteiger partial charge is 0.483 e. The molecule has 0 saturated heterocycles. The van der Waals surface area contributed by atoms with Gasteiger partial charge in [-0.05, 0) is 0 Å². The van der Waals surface area contributed by atoms with Crippen molar-refractivity contribution in [2.75, 3.05) is 13.0 Å². The normalized spacial score (nSPS) is 11.5. The fraction of sp³-hybridized carbons (Fsp3) is 0.750. The molecule has 4 heteroatoms. The Hall–Kier alpha value is -0.440. The van der Waals surface area contributed by atoms with E-state index in [0.29, 0.717) is 18.2 Å². The zero-order valence-corrected chi connectivity index (χ0v) is 5.48. The van der Waals surface area contributed by atoms with Crippen molar-refractivity contribution in [1.82, 2.24) is 0 Å². The van der Waals surface area contributed by atoms with Gasteiger partial charge in [0.25, 0.3) is 0 Å². The van der Waals surface area contributed by atoms with Gasteiger partial charge in [0.1, 0.15) is 0 Å². The molecule has 0 rings (SSSR count). The van der Waals surface area contributed by atoms with Gasteiger partial charge in [0.15, 0.2) is 0 Å². The zero-order chi connectivity index (χ0) is 6.41. The second-order valence-electron chi connectivity index (χ2n) is 1.17. The summed E-state index contributed by atoms with van der Waals surface area (Å²) in [6.07, 6.45) is 0.592. The van der Waals surface area contributed by atoms with Gasteiger partial charge >= 0.3 is 0 Å². The van der Waals surface area contributed by atoms with E-state index in [4.69, 9.17) is 17.4 Å². The van der Waals surface area contributed by atoms with E-state index in [-0.39, 0.29) is 0 Å². The molecule has 0 heterocycles. The summed E-state index contributed by atoms with van der Waals surface area (Å²) in [7, 11) is 1.51. The number of methoxy groups -OCH3 is 1. The van der Waals surface area contributed by atoms with Crippen molar-refractivity contribution in [3.8, 4) is 0 Å². The molecule has 3 nitrogen and oxygen atoms in total. The van der Waals surface area contributed by atoms with Gasteiger partial charge in [0.05, 0.1) is 7.11 Å². The molecule has 0 saturated carbocycles. The van der Waals surface area contributed by atoms with E-state index in [1.807, 2.05) is 0 Å². The standard InChI is InChI=1S/C4H9ClN2O/c1-8-4(7-6)2-3-5/h2-3,6H2,1H3. The molecule has 0 bridgehead atoms. The van der Waals surface area contributed by atoms with Gasteiger partial charge in [0, 0.05) is 12.3 Å². The van der Waals surface area contributed by atoms with Crippen LogP contribution in [0.15, 0.2) is 5.10 Å². The SMILES string of the molecule is COC(CCCl)=NN. The number of nitrogens with zero attached hydrogens (tertiary/aromatic N) is 1. The Kier molecular flexibility index (Phi) is 4.45. The van der Waals surface area contributed by atoms with Crippen LogP contribution < -0.4 is 5.84 Å². The molecule has 0 aromatic heterocycles. The van der Waals surface area contributed by atoms with E-state index in [9.17, 15) is 0 Å². The molecule has 0 radical (unpaired) electrons. The maximum Gasteiger partial charge on any atom is 0.206 e. The Morgan fingerprint density at radius 3 is 2.62 bits per heavy atom. The first-order chi connectivity index (χ1) is 3.85. The number of hydrogen-bond acceptors (Lipinski definition) is 3. The van der Waals surface area contributed by atoms with Crippen LogP contribution in [0.3, 0.4) is 0 Å². The molecule has 0 atom stereocenters. The number of hydrazone groups is 1. The summed E-state index contributed by atoms with van der Waals surface area (Å²) in [5.74, 6) is 5.85. The lowest BCUT2D eigenvalue weighted by atomic mass is 10.5. The van der Waals surface area contributed by atoms with Crippen LogP contribution >= 0.6 is 11.6 Å². The Bertz CT molecular complexity index is 84.1. The van der Waals surface area contributed by atoms with Crippen molar-refractivity contribution in [2.45, 2.75) is 6.42 Å². The van der Waals surface area contributed by atoms with Gasteiger partial charge in [0.2, 0.25) is 5.90 Å². The van der Waals surface area contributed by atoms with E-state index >= 15 is 0 Å². The highest BCUT2D eigenvalue weighted by atomic mass is 35.5. The van der Waals surface area contributed by atoms with Crippen LogP contribution in [0, 0.1) is 0 Å². The highest BCUT2D eigenvalue weighted by Gasteiger charge is 1.92. The van der Waals surface area contributed by atoms with Gasteiger partial charge in [-0.2, -0.15) is 0 Å². The Morgan fingerprint density at radius 2 is 2.50 bits per heavy atom. The van der Waals surface area contributed by atoms with Crippen molar-refractivity contribution in [1.29, 1.82) is 0 Å². The Morgan fingerprint density at radius 1 is 1.88 bits per heavy atom. The first-order valence-electron chi connectivity index (χ1n) is 2.21. The number of hydrogen-bond donors (Lipinski definition) is 1. The quantitative estimate of drug-likeness (QED) is 0.198. The van der Waals surface area contributed by atoms with Crippen molar-refractivity contribution in [3.05, 3.63) is 0 Å². The Balaban J connectivity index is 3.38. The average molecular weight is 137 g/mol.